The van der Waals surface area contributed by atoms with E-state index in [9.17, 15) is 0 Å². The summed E-state index contributed by atoms with van der Waals surface area (Å²) >= 11 is 1.69. The van der Waals surface area contributed by atoms with E-state index >= 15 is 0 Å². The van der Waals surface area contributed by atoms with E-state index in [4.69, 9.17) is 0 Å². The van der Waals surface area contributed by atoms with Crippen molar-refractivity contribution in [2.75, 3.05) is 12.4 Å². The van der Waals surface area contributed by atoms with Gasteiger partial charge in [-0.1, -0.05) is 0 Å². The van der Waals surface area contributed by atoms with Gasteiger partial charge in [0.2, 0.25) is 0 Å². The fraction of sp³-hybridized carbons (Fsp3) is 0.471. The van der Waals surface area contributed by atoms with Crippen LogP contribution in [0.1, 0.15) is 25.7 Å². The lowest BCUT2D eigenvalue weighted by Crippen LogP contribution is -2.44. The minimum Gasteiger partial charge on any atom is -0.382 e. The Hall–Kier alpha value is -1.39. The number of hydrogen-bond acceptors (Lipinski definition) is 4. The second-order valence-electron chi connectivity index (χ2n) is 6.28. The highest BCUT2D eigenvalue weighted by Crippen LogP contribution is 2.35. The molecule has 1 aromatic carbocycles. The van der Waals surface area contributed by atoms with E-state index in [0.717, 1.165) is 17.1 Å². The largest absolute Gasteiger partial charge is 0.382 e. The van der Waals surface area contributed by atoms with E-state index < -0.39 is 0 Å². The van der Waals surface area contributed by atoms with E-state index in [1.54, 1.807) is 11.3 Å². The van der Waals surface area contributed by atoms with Crippen molar-refractivity contribution in [3.63, 3.8) is 0 Å². The maximum absolute atomic E-state index is 4.36. The molecule has 0 amide bonds. The van der Waals surface area contributed by atoms with Gasteiger partial charge in [-0.2, -0.15) is 0 Å². The van der Waals surface area contributed by atoms with Gasteiger partial charge in [-0.15, -0.1) is 11.3 Å². The number of nitrogens with zero attached hydrogens (tertiary/aromatic N) is 2. The Labute approximate surface area is 130 Å². The zero-order valence-corrected chi connectivity index (χ0v) is 13.1. The molecule has 4 heteroatoms. The lowest BCUT2D eigenvalue weighted by Gasteiger charge is -2.37. The number of benzene rings is 1. The SMILES string of the molecule is CN1C2CCC1CC(Nc1ccc(-c3nccs3)cc1)C2. The number of nitrogens with one attached hydrogen (secondary N) is 1. The van der Waals surface area contributed by atoms with Crippen molar-refractivity contribution >= 4 is 17.0 Å². The first-order valence-electron chi connectivity index (χ1n) is 7.78. The molecule has 2 aromatic rings. The number of anilines is 1. The van der Waals surface area contributed by atoms with Gasteiger partial charge in [0.1, 0.15) is 5.01 Å². The Kier molecular flexibility index (Phi) is 3.43. The Morgan fingerprint density at radius 1 is 1.14 bits per heavy atom. The molecule has 3 heterocycles. The number of thiazole rings is 1. The van der Waals surface area contributed by atoms with Crippen molar-refractivity contribution in [1.82, 2.24) is 9.88 Å². The molecule has 1 aromatic heterocycles. The van der Waals surface area contributed by atoms with E-state index in [1.807, 2.05) is 11.6 Å². The third-order valence-electron chi connectivity index (χ3n) is 5.03. The standard InChI is InChI=1S/C17H21N3S/c1-20-15-6-7-16(20)11-14(10-15)19-13-4-2-12(3-5-13)17-18-8-9-21-17/h2-5,8-9,14-16,19H,6-7,10-11H2,1H3. The predicted molar refractivity (Wildman–Crippen MR) is 88.8 cm³/mol. The molecule has 2 atom stereocenters. The van der Waals surface area contributed by atoms with Crippen molar-refractivity contribution in [1.29, 1.82) is 0 Å². The molecular formula is C17H21N3S. The van der Waals surface area contributed by atoms with Crippen LogP contribution in [0.4, 0.5) is 5.69 Å². The van der Waals surface area contributed by atoms with Gasteiger partial charge in [0.25, 0.3) is 0 Å². The quantitative estimate of drug-likeness (QED) is 0.933. The molecule has 0 spiro atoms. The summed E-state index contributed by atoms with van der Waals surface area (Å²) in [6.07, 6.45) is 7.17. The van der Waals surface area contributed by atoms with Gasteiger partial charge in [0.05, 0.1) is 0 Å². The molecule has 110 valence electrons. The molecule has 2 fully saturated rings. The van der Waals surface area contributed by atoms with E-state index in [1.165, 1.54) is 36.9 Å². The number of hydrogen-bond donors (Lipinski definition) is 1. The van der Waals surface area contributed by atoms with E-state index in [0.29, 0.717) is 6.04 Å². The van der Waals surface area contributed by atoms with Gasteiger partial charge in [0.15, 0.2) is 0 Å². The Morgan fingerprint density at radius 2 is 1.86 bits per heavy atom. The normalized spacial score (nSPS) is 28.7. The fourth-order valence-corrected chi connectivity index (χ4v) is 4.48. The lowest BCUT2D eigenvalue weighted by molar-refractivity contribution is 0.169. The highest BCUT2D eigenvalue weighted by Gasteiger charge is 2.38. The molecule has 2 aliphatic rings. The first-order valence-corrected chi connectivity index (χ1v) is 8.66. The maximum Gasteiger partial charge on any atom is 0.123 e. The van der Waals surface area contributed by atoms with Crippen LogP contribution in [-0.2, 0) is 0 Å². The summed E-state index contributed by atoms with van der Waals surface area (Å²) < 4.78 is 0. The minimum atomic E-state index is 0.629. The van der Waals surface area contributed by atoms with Gasteiger partial charge in [-0.3, -0.25) is 0 Å². The molecule has 2 aliphatic heterocycles. The molecule has 2 saturated heterocycles. The molecule has 21 heavy (non-hydrogen) atoms. The summed E-state index contributed by atoms with van der Waals surface area (Å²) in [7, 11) is 2.29. The second kappa shape index (κ2) is 5.43. The number of piperidine rings is 1. The predicted octanol–water partition coefficient (Wildman–Crippen LogP) is 3.85. The Balaban J connectivity index is 1.44. The van der Waals surface area contributed by atoms with Gasteiger partial charge in [0, 0.05) is 41.0 Å². The van der Waals surface area contributed by atoms with E-state index in [2.05, 4.69) is 46.5 Å². The van der Waals surface area contributed by atoms with Crippen LogP contribution in [0, 0.1) is 0 Å². The monoisotopic (exact) mass is 299 g/mol. The minimum absolute atomic E-state index is 0.629. The van der Waals surface area contributed by atoms with Crippen LogP contribution in [-0.4, -0.2) is 35.1 Å². The zero-order valence-electron chi connectivity index (χ0n) is 12.3. The second-order valence-corrected chi connectivity index (χ2v) is 7.17. The van der Waals surface area contributed by atoms with Gasteiger partial charge < -0.3 is 10.2 Å². The molecule has 0 saturated carbocycles. The molecule has 4 rings (SSSR count). The highest BCUT2D eigenvalue weighted by molar-refractivity contribution is 7.13. The smallest absolute Gasteiger partial charge is 0.123 e. The number of aromatic nitrogens is 1. The van der Waals surface area contributed by atoms with Crippen LogP contribution in [0.5, 0.6) is 0 Å². The third-order valence-corrected chi connectivity index (χ3v) is 5.86. The molecule has 0 radical (unpaired) electrons. The molecule has 2 bridgehead atoms. The molecule has 1 N–H and O–H groups in total. The van der Waals surface area contributed by atoms with E-state index in [-0.39, 0.29) is 0 Å². The lowest BCUT2D eigenvalue weighted by atomic mass is 9.97. The van der Waals surface area contributed by atoms with Crippen molar-refractivity contribution in [3.05, 3.63) is 35.8 Å². The van der Waals surface area contributed by atoms with Crippen LogP contribution in [0.3, 0.4) is 0 Å². The summed E-state index contributed by atoms with van der Waals surface area (Å²) in [6, 6.07) is 10.9. The average Bonchev–Trinajstić information content (AvgIpc) is 3.08. The first-order chi connectivity index (χ1) is 10.3. The van der Waals surface area contributed by atoms with Gasteiger partial charge in [-0.05, 0) is 57.0 Å². The Bertz CT molecular complexity index is 579. The highest BCUT2D eigenvalue weighted by atomic mass is 32.1. The topological polar surface area (TPSA) is 28.2 Å². The summed E-state index contributed by atoms with van der Waals surface area (Å²) in [4.78, 5) is 6.95. The van der Waals surface area contributed by atoms with Crippen LogP contribution in [0.25, 0.3) is 10.6 Å². The number of rotatable bonds is 3. The van der Waals surface area contributed by atoms with Crippen molar-refractivity contribution in [2.45, 2.75) is 43.8 Å². The molecule has 2 unspecified atom stereocenters. The van der Waals surface area contributed by atoms with Crippen molar-refractivity contribution in [2.24, 2.45) is 0 Å². The fourth-order valence-electron chi connectivity index (χ4n) is 3.84. The summed E-state index contributed by atoms with van der Waals surface area (Å²) in [5.41, 5.74) is 2.45. The third kappa shape index (κ3) is 2.58. The molecule has 0 aliphatic carbocycles. The van der Waals surface area contributed by atoms with Crippen LogP contribution in [0.2, 0.25) is 0 Å². The zero-order chi connectivity index (χ0) is 14.2. The summed E-state index contributed by atoms with van der Waals surface area (Å²) in [5, 5.41) is 6.85. The van der Waals surface area contributed by atoms with Crippen molar-refractivity contribution in [3.8, 4) is 10.6 Å². The average molecular weight is 299 g/mol. The van der Waals surface area contributed by atoms with Crippen LogP contribution < -0.4 is 5.32 Å². The van der Waals surface area contributed by atoms with Gasteiger partial charge >= 0.3 is 0 Å². The van der Waals surface area contributed by atoms with Crippen LogP contribution >= 0.6 is 11.3 Å². The summed E-state index contributed by atoms with van der Waals surface area (Å²) in [5.74, 6) is 0. The molecular weight excluding hydrogens is 278 g/mol. The van der Waals surface area contributed by atoms with Crippen molar-refractivity contribution < 1.29 is 0 Å². The maximum atomic E-state index is 4.36. The van der Waals surface area contributed by atoms with Gasteiger partial charge in [-0.25, -0.2) is 4.98 Å². The summed E-state index contributed by atoms with van der Waals surface area (Å²) in [6.45, 7) is 0. The number of fused-ring (bicyclic) bond motifs is 2. The first kappa shape index (κ1) is 13.3. The molecule has 3 nitrogen and oxygen atoms in total. The van der Waals surface area contributed by atoms with Crippen LogP contribution in [0.15, 0.2) is 35.8 Å². The Morgan fingerprint density at radius 3 is 2.48 bits per heavy atom.